The minimum absolute atomic E-state index is 0.0564. The van der Waals surface area contributed by atoms with Crippen LogP contribution in [0, 0.1) is 6.92 Å². The van der Waals surface area contributed by atoms with Gasteiger partial charge in [0.1, 0.15) is 5.54 Å². The van der Waals surface area contributed by atoms with Crippen LogP contribution in [0.3, 0.4) is 0 Å². The molecule has 0 aliphatic heterocycles. The molecule has 0 aromatic carbocycles. The fraction of sp³-hybridized carbons (Fsp3) is 0.556. The quantitative estimate of drug-likeness (QED) is 0.814. The Hall–Kier alpha value is -1.53. The summed E-state index contributed by atoms with van der Waals surface area (Å²) in [5, 5.41) is 8.12. The SMILES string of the molecule is Cc1[nH]ncc1C(=O)NC1(C(F)(F)F)CC1. The number of aryl methyl sites for hydroxylation is 1. The Kier molecular flexibility index (Phi) is 2.21. The van der Waals surface area contributed by atoms with Crippen molar-refractivity contribution in [3.63, 3.8) is 0 Å². The van der Waals surface area contributed by atoms with Gasteiger partial charge in [-0.3, -0.25) is 9.89 Å². The molecule has 0 atom stereocenters. The first-order chi connectivity index (χ1) is 7.36. The lowest BCUT2D eigenvalue weighted by Gasteiger charge is -2.20. The smallest absolute Gasteiger partial charge is 0.338 e. The van der Waals surface area contributed by atoms with E-state index in [1.54, 1.807) is 6.92 Å². The van der Waals surface area contributed by atoms with E-state index in [-0.39, 0.29) is 18.4 Å². The molecule has 0 unspecified atom stereocenters. The predicted molar refractivity (Wildman–Crippen MR) is 48.8 cm³/mol. The minimum atomic E-state index is -4.39. The molecule has 0 radical (unpaired) electrons. The average Bonchev–Trinajstić information content (AvgIpc) is 2.81. The molecule has 2 rings (SSSR count). The molecule has 0 saturated heterocycles. The van der Waals surface area contributed by atoms with Crippen molar-refractivity contribution in [3.8, 4) is 0 Å². The Balaban J connectivity index is 2.13. The second kappa shape index (κ2) is 3.23. The van der Waals surface area contributed by atoms with Gasteiger partial charge in [0.05, 0.1) is 11.8 Å². The number of carbonyl (C=O) groups is 1. The van der Waals surface area contributed by atoms with Crippen LogP contribution in [-0.2, 0) is 0 Å². The lowest BCUT2D eigenvalue weighted by molar-refractivity contribution is -0.163. The van der Waals surface area contributed by atoms with Crippen LogP contribution in [0.4, 0.5) is 13.2 Å². The summed E-state index contributed by atoms with van der Waals surface area (Å²) in [4.78, 5) is 11.6. The Morgan fingerprint density at radius 3 is 2.56 bits per heavy atom. The molecule has 1 aliphatic carbocycles. The molecule has 1 aromatic rings. The fourth-order valence-corrected chi connectivity index (χ4v) is 1.47. The molecule has 2 N–H and O–H groups in total. The van der Waals surface area contributed by atoms with Gasteiger partial charge >= 0.3 is 6.18 Å². The third-order valence-electron chi connectivity index (χ3n) is 2.72. The van der Waals surface area contributed by atoms with Crippen molar-refractivity contribution in [3.05, 3.63) is 17.5 Å². The van der Waals surface area contributed by atoms with Crippen LogP contribution in [0.25, 0.3) is 0 Å². The number of rotatable bonds is 2. The largest absolute Gasteiger partial charge is 0.411 e. The van der Waals surface area contributed by atoms with Gasteiger partial charge in [-0.15, -0.1) is 0 Å². The molecule has 0 spiro atoms. The zero-order valence-electron chi connectivity index (χ0n) is 8.48. The van der Waals surface area contributed by atoms with E-state index in [1.807, 2.05) is 5.32 Å². The lowest BCUT2D eigenvalue weighted by atomic mass is 10.2. The number of aromatic amines is 1. The Labute approximate surface area is 89.2 Å². The Bertz CT molecular complexity index is 420. The van der Waals surface area contributed by atoms with Gasteiger partial charge in [0, 0.05) is 5.69 Å². The molecule has 1 saturated carbocycles. The highest BCUT2D eigenvalue weighted by Crippen LogP contribution is 2.49. The molecule has 7 heteroatoms. The number of nitrogens with zero attached hydrogens (tertiary/aromatic N) is 1. The summed E-state index contributed by atoms with van der Waals surface area (Å²) < 4.78 is 37.7. The number of amides is 1. The second-order valence-corrected chi connectivity index (χ2v) is 3.94. The van der Waals surface area contributed by atoms with Gasteiger partial charge in [0.25, 0.3) is 5.91 Å². The van der Waals surface area contributed by atoms with Crippen molar-refractivity contribution < 1.29 is 18.0 Å². The number of aromatic nitrogens is 2. The summed E-state index contributed by atoms with van der Waals surface area (Å²) in [6.07, 6.45) is -3.28. The molecular weight excluding hydrogens is 223 g/mol. The van der Waals surface area contributed by atoms with Crippen LogP contribution >= 0.6 is 0 Å². The zero-order valence-corrected chi connectivity index (χ0v) is 8.48. The number of carbonyl (C=O) groups excluding carboxylic acids is 1. The van der Waals surface area contributed by atoms with Crippen LogP contribution in [-0.4, -0.2) is 27.8 Å². The Morgan fingerprint density at radius 2 is 2.19 bits per heavy atom. The van der Waals surface area contributed by atoms with Crippen LogP contribution < -0.4 is 5.32 Å². The van der Waals surface area contributed by atoms with E-state index < -0.39 is 17.6 Å². The minimum Gasteiger partial charge on any atom is -0.338 e. The molecular formula is C9H10F3N3O. The van der Waals surface area contributed by atoms with E-state index >= 15 is 0 Å². The van der Waals surface area contributed by atoms with Crippen molar-refractivity contribution in [2.75, 3.05) is 0 Å². The van der Waals surface area contributed by atoms with Gasteiger partial charge in [-0.05, 0) is 19.8 Å². The average molecular weight is 233 g/mol. The van der Waals surface area contributed by atoms with E-state index in [1.165, 1.54) is 6.20 Å². The van der Waals surface area contributed by atoms with Crippen LogP contribution in [0.1, 0.15) is 28.9 Å². The van der Waals surface area contributed by atoms with Crippen molar-refractivity contribution >= 4 is 5.91 Å². The number of hydrogen-bond donors (Lipinski definition) is 2. The zero-order chi connectivity index (χ0) is 12.0. The van der Waals surface area contributed by atoms with Crippen molar-refractivity contribution in [2.45, 2.75) is 31.5 Å². The summed E-state index contributed by atoms with van der Waals surface area (Å²) in [5.41, 5.74) is -1.42. The van der Waals surface area contributed by atoms with Crippen LogP contribution in [0.5, 0.6) is 0 Å². The fourth-order valence-electron chi connectivity index (χ4n) is 1.47. The van der Waals surface area contributed by atoms with Crippen LogP contribution in [0.15, 0.2) is 6.20 Å². The molecule has 1 aliphatic rings. The van der Waals surface area contributed by atoms with E-state index in [2.05, 4.69) is 10.2 Å². The first-order valence-corrected chi connectivity index (χ1v) is 4.75. The van der Waals surface area contributed by atoms with E-state index in [0.717, 1.165) is 0 Å². The van der Waals surface area contributed by atoms with Crippen molar-refractivity contribution in [1.82, 2.24) is 15.5 Å². The number of nitrogens with one attached hydrogen (secondary N) is 2. The first-order valence-electron chi connectivity index (χ1n) is 4.75. The van der Waals surface area contributed by atoms with Gasteiger partial charge in [0.15, 0.2) is 0 Å². The highest BCUT2D eigenvalue weighted by molar-refractivity contribution is 5.95. The summed E-state index contributed by atoms with van der Waals surface area (Å²) >= 11 is 0. The predicted octanol–water partition coefficient (Wildman–Crippen LogP) is 1.54. The maximum atomic E-state index is 12.6. The summed E-state index contributed by atoms with van der Waals surface area (Å²) in [6, 6.07) is 0. The molecule has 1 fully saturated rings. The number of hydrogen-bond acceptors (Lipinski definition) is 2. The summed E-state index contributed by atoms with van der Waals surface area (Å²) in [6.45, 7) is 1.58. The third-order valence-corrected chi connectivity index (χ3v) is 2.72. The molecule has 88 valence electrons. The van der Waals surface area contributed by atoms with Gasteiger partial charge in [-0.1, -0.05) is 0 Å². The van der Waals surface area contributed by atoms with Gasteiger partial charge in [-0.2, -0.15) is 18.3 Å². The molecule has 4 nitrogen and oxygen atoms in total. The highest BCUT2D eigenvalue weighted by atomic mass is 19.4. The van der Waals surface area contributed by atoms with Crippen LogP contribution in [0.2, 0.25) is 0 Å². The van der Waals surface area contributed by atoms with E-state index in [0.29, 0.717) is 5.69 Å². The van der Waals surface area contributed by atoms with E-state index in [4.69, 9.17) is 0 Å². The first kappa shape index (κ1) is 11.0. The third kappa shape index (κ3) is 1.66. The molecule has 16 heavy (non-hydrogen) atoms. The maximum absolute atomic E-state index is 12.6. The molecule has 0 bridgehead atoms. The van der Waals surface area contributed by atoms with Gasteiger partial charge in [0.2, 0.25) is 0 Å². The molecule has 1 aromatic heterocycles. The van der Waals surface area contributed by atoms with Gasteiger partial charge in [-0.25, -0.2) is 0 Å². The van der Waals surface area contributed by atoms with Crippen molar-refractivity contribution in [1.29, 1.82) is 0 Å². The Morgan fingerprint density at radius 1 is 1.56 bits per heavy atom. The molecule has 1 heterocycles. The highest BCUT2D eigenvalue weighted by Gasteiger charge is 2.64. The van der Waals surface area contributed by atoms with Crippen molar-refractivity contribution in [2.24, 2.45) is 0 Å². The maximum Gasteiger partial charge on any atom is 0.411 e. The topological polar surface area (TPSA) is 57.8 Å². The monoisotopic (exact) mass is 233 g/mol. The lowest BCUT2D eigenvalue weighted by Crippen LogP contribution is -2.47. The number of H-pyrrole nitrogens is 1. The number of alkyl halides is 3. The van der Waals surface area contributed by atoms with Gasteiger partial charge < -0.3 is 5.32 Å². The normalized spacial score (nSPS) is 18.2. The van der Waals surface area contributed by atoms with E-state index in [9.17, 15) is 18.0 Å². The number of halogens is 3. The summed E-state index contributed by atoms with van der Waals surface area (Å²) in [7, 11) is 0. The second-order valence-electron chi connectivity index (χ2n) is 3.94. The molecule has 1 amide bonds. The standard InChI is InChI=1S/C9H10F3N3O/c1-5-6(4-13-15-5)7(16)14-8(2-3-8)9(10,11)12/h4H,2-3H2,1H3,(H,13,15)(H,14,16). The summed E-state index contributed by atoms with van der Waals surface area (Å²) in [5.74, 6) is -0.735.